The summed E-state index contributed by atoms with van der Waals surface area (Å²) in [6, 6.07) is 11.8. The molecule has 4 rings (SSSR count). The lowest BCUT2D eigenvalue weighted by Gasteiger charge is -2.06. The van der Waals surface area contributed by atoms with Crippen molar-refractivity contribution >= 4 is 40.3 Å². The number of carbonyl (C=O) groups excluding carboxylic acids is 1. The monoisotopic (exact) mass is 420 g/mol. The summed E-state index contributed by atoms with van der Waals surface area (Å²) in [6.45, 7) is 1.79. The molecule has 0 unspecified atom stereocenters. The molecule has 0 aliphatic carbocycles. The van der Waals surface area contributed by atoms with E-state index in [0.29, 0.717) is 32.8 Å². The molecule has 0 spiro atoms. The molecule has 0 bridgehead atoms. The number of hydrogen-bond acceptors (Lipinski definition) is 7. The molecule has 1 saturated heterocycles. The fourth-order valence-corrected chi connectivity index (χ4v) is 3.85. The van der Waals surface area contributed by atoms with Gasteiger partial charge in [-0.05, 0) is 54.6 Å². The van der Waals surface area contributed by atoms with E-state index in [0.717, 1.165) is 5.56 Å². The lowest BCUT2D eigenvalue weighted by molar-refractivity contribution is -0.384. The second-order valence-corrected chi connectivity index (χ2v) is 7.57. The first kappa shape index (κ1) is 19.6. The summed E-state index contributed by atoms with van der Waals surface area (Å²) in [6.07, 6.45) is 4.87. The van der Waals surface area contributed by atoms with E-state index in [1.807, 2.05) is 0 Å². The van der Waals surface area contributed by atoms with Crippen molar-refractivity contribution in [2.45, 2.75) is 6.92 Å². The van der Waals surface area contributed by atoms with Gasteiger partial charge in [0.15, 0.2) is 5.17 Å². The van der Waals surface area contributed by atoms with Crippen molar-refractivity contribution in [2.24, 2.45) is 4.99 Å². The Hall–Kier alpha value is -3.72. The standard InChI is InChI=1S/C21H16N4O4S/c1-13-5-7-16(17(10-13)25(27)28)18-8-6-15(29-18)11-19-20(26)24(2)21(30-19)23-14-4-3-9-22-12-14/h3-12H,1-2H3/b19-11+,23-21?. The van der Waals surface area contributed by atoms with Crippen LogP contribution in [0.15, 0.2) is 69.2 Å². The van der Waals surface area contributed by atoms with Crippen molar-refractivity contribution in [3.63, 3.8) is 0 Å². The first-order valence-corrected chi connectivity index (χ1v) is 9.75. The molecule has 1 amide bonds. The van der Waals surface area contributed by atoms with Crippen LogP contribution in [0.2, 0.25) is 0 Å². The fourth-order valence-electron chi connectivity index (χ4n) is 2.89. The number of furan rings is 1. The minimum absolute atomic E-state index is 0.0273. The van der Waals surface area contributed by atoms with Crippen LogP contribution in [0.1, 0.15) is 11.3 Å². The molecule has 30 heavy (non-hydrogen) atoms. The first-order valence-electron chi connectivity index (χ1n) is 8.94. The van der Waals surface area contributed by atoms with Gasteiger partial charge in [0.1, 0.15) is 11.5 Å². The quantitative estimate of drug-likeness (QED) is 0.342. The highest BCUT2D eigenvalue weighted by Gasteiger charge is 2.31. The predicted octanol–water partition coefficient (Wildman–Crippen LogP) is 4.79. The molecule has 9 heteroatoms. The Labute approximate surface area is 176 Å². The lowest BCUT2D eigenvalue weighted by Crippen LogP contribution is -2.23. The molecule has 150 valence electrons. The molecule has 0 saturated carbocycles. The summed E-state index contributed by atoms with van der Waals surface area (Å²) >= 11 is 1.22. The summed E-state index contributed by atoms with van der Waals surface area (Å²) < 4.78 is 5.78. The zero-order chi connectivity index (χ0) is 21.3. The average Bonchev–Trinajstić information content (AvgIpc) is 3.29. The Morgan fingerprint density at radius 1 is 1.27 bits per heavy atom. The third kappa shape index (κ3) is 3.87. The number of carbonyl (C=O) groups is 1. The van der Waals surface area contributed by atoms with E-state index < -0.39 is 4.92 Å². The van der Waals surface area contributed by atoms with Crippen molar-refractivity contribution in [3.05, 3.63) is 81.2 Å². The lowest BCUT2D eigenvalue weighted by atomic mass is 10.1. The highest BCUT2D eigenvalue weighted by molar-refractivity contribution is 8.18. The van der Waals surface area contributed by atoms with Gasteiger partial charge in [-0.1, -0.05) is 6.07 Å². The molecule has 3 heterocycles. The maximum atomic E-state index is 12.6. The first-order chi connectivity index (χ1) is 14.4. The van der Waals surface area contributed by atoms with Gasteiger partial charge in [-0.2, -0.15) is 0 Å². The SMILES string of the molecule is Cc1ccc(-c2ccc(/C=C3/SC(=Nc4cccnc4)N(C)C3=O)o2)c([N+](=O)[O-])c1. The minimum atomic E-state index is -0.435. The number of nitrogens with zero attached hydrogens (tertiary/aromatic N) is 4. The maximum absolute atomic E-state index is 12.6. The number of amides is 1. The van der Waals surface area contributed by atoms with Crippen LogP contribution in [-0.4, -0.2) is 32.9 Å². The number of pyridine rings is 1. The third-order valence-corrected chi connectivity index (χ3v) is 5.45. The van der Waals surface area contributed by atoms with Gasteiger partial charge in [-0.25, -0.2) is 4.99 Å². The molecule has 1 aromatic carbocycles. The molecular formula is C21H16N4O4S. The predicted molar refractivity (Wildman–Crippen MR) is 115 cm³/mol. The van der Waals surface area contributed by atoms with Gasteiger partial charge in [0.25, 0.3) is 11.6 Å². The number of nitro benzene ring substituents is 1. The Morgan fingerprint density at radius 2 is 2.10 bits per heavy atom. The summed E-state index contributed by atoms with van der Waals surface area (Å²) in [4.78, 5) is 33.9. The normalized spacial score (nSPS) is 16.6. The molecule has 1 fully saturated rings. The van der Waals surface area contributed by atoms with Crippen molar-refractivity contribution < 1.29 is 14.1 Å². The largest absolute Gasteiger partial charge is 0.456 e. The summed E-state index contributed by atoms with van der Waals surface area (Å²) in [5.41, 5.74) is 1.79. The van der Waals surface area contributed by atoms with Crippen LogP contribution >= 0.6 is 11.8 Å². The zero-order valence-electron chi connectivity index (χ0n) is 16.1. The van der Waals surface area contributed by atoms with Crippen LogP contribution in [0, 0.1) is 17.0 Å². The smallest absolute Gasteiger partial charge is 0.280 e. The van der Waals surface area contributed by atoms with Gasteiger partial charge in [0.05, 0.1) is 27.3 Å². The van der Waals surface area contributed by atoms with E-state index in [1.165, 1.54) is 22.7 Å². The van der Waals surface area contributed by atoms with E-state index in [2.05, 4.69) is 9.98 Å². The molecule has 8 nitrogen and oxygen atoms in total. The van der Waals surface area contributed by atoms with E-state index in [9.17, 15) is 14.9 Å². The van der Waals surface area contributed by atoms with Crippen molar-refractivity contribution in [2.75, 3.05) is 7.05 Å². The van der Waals surface area contributed by atoms with Crippen LogP contribution in [-0.2, 0) is 4.79 Å². The summed E-state index contributed by atoms with van der Waals surface area (Å²) in [7, 11) is 1.65. The number of likely N-dealkylation sites (N-methyl/N-ethyl adjacent to an activating group) is 1. The Kier molecular flexibility index (Phi) is 5.20. The Bertz CT molecular complexity index is 1200. The van der Waals surface area contributed by atoms with Crippen LogP contribution in [0.25, 0.3) is 17.4 Å². The van der Waals surface area contributed by atoms with Crippen LogP contribution < -0.4 is 0 Å². The van der Waals surface area contributed by atoms with Crippen LogP contribution in [0.3, 0.4) is 0 Å². The third-order valence-electron chi connectivity index (χ3n) is 4.39. The van der Waals surface area contributed by atoms with Crippen molar-refractivity contribution in [1.82, 2.24) is 9.88 Å². The number of benzene rings is 1. The molecule has 0 radical (unpaired) electrons. The van der Waals surface area contributed by atoms with E-state index >= 15 is 0 Å². The Morgan fingerprint density at radius 3 is 2.83 bits per heavy atom. The fraction of sp³-hybridized carbons (Fsp3) is 0.0952. The van der Waals surface area contributed by atoms with E-state index in [1.54, 1.807) is 68.8 Å². The van der Waals surface area contributed by atoms with Gasteiger partial charge in [0, 0.05) is 25.4 Å². The van der Waals surface area contributed by atoms with Gasteiger partial charge in [0.2, 0.25) is 0 Å². The van der Waals surface area contributed by atoms with Gasteiger partial charge >= 0.3 is 0 Å². The molecule has 3 aromatic rings. The van der Waals surface area contributed by atoms with E-state index in [-0.39, 0.29) is 11.6 Å². The number of amidine groups is 1. The summed E-state index contributed by atoms with van der Waals surface area (Å²) in [5.74, 6) is 0.579. The topological polar surface area (TPSA) is 102 Å². The van der Waals surface area contributed by atoms with E-state index in [4.69, 9.17) is 4.42 Å². The molecule has 1 aliphatic rings. The average molecular weight is 420 g/mol. The molecule has 0 atom stereocenters. The number of hydrogen-bond donors (Lipinski definition) is 0. The number of aliphatic imine (C=N–C) groups is 1. The molecule has 0 N–H and O–H groups in total. The number of aromatic nitrogens is 1. The van der Waals surface area contributed by atoms with Crippen LogP contribution in [0.5, 0.6) is 0 Å². The molecule has 1 aliphatic heterocycles. The van der Waals surface area contributed by atoms with Gasteiger partial charge < -0.3 is 4.42 Å². The second-order valence-electron chi connectivity index (χ2n) is 6.56. The Balaban J connectivity index is 1.63. The van der Waals surface area contributed by atoms with Gasteiger partial charge in [-0.3, -0.25) is 24.8 Å². The highest BCUT2D eigenvalue weighted by Crippen LogP contribution is 2.35. The number of thioether (sulfide) groups is 1. The van der Waals surface area contributed by atoms with Crippen molar-refractivity contribution in [1.29, 1.82) is 0 Å². The van der Waals surface area contributed by atoms with Crippen molar-refractivity contribution in [3.8, 4) is 11.3 Å². The van der Waals surface area contributed by atoms with Crippen LogP contribution in [0.4, 0.5) is 11.4 Å². The number of aryl methyl sites for hydroxylation is 1. The maximum Gasteiger partial charge on any atom is 0.280 e. The number of rotatable bonds is 4. The minimum Gasteiger partial charge on any atom is -0.456 e. The number of nitro groups is 1. The molecular weight excluding hydrogens is 404 g/mol. The second kappa shape index (κ2) is 7.96. The summed E-state index contributed by atoms with van der Waals surface area (Å²) in [5, 5.41) is 11.9. The van der Waals surface area contributed by atoms with Gasteiger partial charge in [-0.15, -0.1) is 0 Å². The molecule has 2 aromatic heterocycles. The zero-order valence-corrected chi connectivity index (χ0v) is 16.9. The highest BCUT2D eigenvalue weighted by atomic mass is 32.2.